The van der Waals surface area contributed by atoms with Gasteiger partial charge in [-0.15, -0.1) is 0 Å². The highest BCUT2D eigenvalue weighted by Crippen LogP contribution is 2.21. The summed E-state index contributed by atoms with van der Waals surface area (Å²) in [5.41, 5.74) is 0.886. The molecule has 0 fully saturated rings. The quantitative estimate of drug-likeness (QED) is 0.685. The maximum absolute atomic E-state index is 12.3. The van der Waals surface area contributed by atoms with Crippen molar-refractivity contribution in [3.63, 3.8) is 0 Å². The average molecular weight is 229 g/mol. The molecule has 88 valence electrons. The zero-order valence-corrected chi connectivity index (χ0v) is 10.1. The lowest BCUT2D eigenvalue weighted by Crippen LogP contribution is -2.40. The lowest BCUT2D eigenvalue weighted by molar-refractivity contribution is 0.201. The van der Waals surface area contributed by atoms with Crippen molar-refractivity contribution in [2.45, 2.75) is 19.5 Å². The molecule has 0 N–H and O–H groups in total. The maximum atomic E-state index is 12.3. The highest BCUT2D eigenvalue weighted by Gasteiger charge is 2.23. The monoisotopic (exact) mass is 229 g/mol. The van der Waals surface area contributed by atoms with E-state index in [1.807, 2.05) is 28.8 Å². The second-order valence-corrected chi connectivity index (χ2v) is 4.60. The van der Waals surface area contributed by atoms with Crippen LogP contribution in [0.2, 0.25) is 0 Å². The number of fused-ring (bicyclic) bond motifs is 2. The number of benzene rings is 1. The van der Waals surface area contributed by atoms with Crippen LogP contribution in [-0.4, -0.2) is 28.0 Å². The molecule has 4 nitrogen and oxygen atoms in total. The Kier molecular flexibility index (Phi) is 2.26. The standard InChI is InChI=1S/C13H15N3O/c1-9-12-14-11-6-4-3-5-10(11)13(17)16(12)8-7-15(9)2/h3-6,9H,7-8H2,1-2H3. The maximum Gasteiger partial charge on any atom is 0.261 e. The zero-order chi connectivity index (χ0) is 12.0. The number of hydrogen-bond acceptors (Lipinski definition) is 3. The van der Waals surface area contributed by atoms with Gasteiger partial charge in [-0.1, -0.05) is 12.1 Å². The van der Waals surface area contributed by atoms with Crippen LogP contribution < -0.4 is 5.56 Å². The minimum Gasteiger partial charge on any atom is -0.295 e. The van der Waals surface area contributed by atoms with E-state index in [2.05, 4.69) is 23.9 Å². The van der Waals surface area contributed by atoms with Crippen LogP contribution >= 0.6 is 0 Å². The molecule has 1 aliphatic heterocycles. The fraction of sp³-hybridized carbons (Fsp3) is 0.385. The lowest BCUT2D eigenvalue weighted by atomic mass is 10.2. The SMILES string of the molecule is CC1c2nc3ccccc3c(=O)n2CCN1C. The lowest BCUT2D eigenvalue weighted by Gasteiger charge is -2.31. The van der Waals surface area contributed by atoms with Crippen LogP contribution in [0.3, 0.4) is 0 Å². The highest BCUT2D eigenvalue weighted by atomic mass is 16.1. The molecular formula is C13H15N3O. The van der Waals surface area contributed by atoms with Gasteiger partial charge in [-0.25, -0.2) is 4.98 Å². The molecule has 2 aromatic rings. The predicted molar refractivity (Wildman–Crippen MR) is 67.0 cm³/mol. The topological polar surface area (TPSA) is 38.1 Å². The Balaban J connectivity index is 2.36. The second-order valence-electron chi connectivity index (χ2n) is 4.60. The minimum atomic E-state index is 0.0885. The van der Waals surface area contributed by atoms with Gasteiger partial charge in [0.05, 0.1) is 16.9 Å². The Morgan fingerprint density at radius 3 is 2.88 bits per heavy atom. The first-order valence-corrected chi connectivity index (χ1v) is 5.88. The number of hydrogen-bond donors (Lipinski definition) is 0. The van der Waals surface area contributed by atoms with Gasteiger partial charge in [0.25, 0.3) is 5.56 Å². The summed E-state index contributed by atoms with van der Waals surface area (Å²) < 4.78 is 1.81. The van der Waals surface area contributed by atoms with E-state index >= 15 is 0 Å². The van der Waals surface area contributed by atoms with Crippen molar-refractivity contribution in [2.24, 2.45) is 0 Å². The normalized spacial score (nSPS) is 20.5. The Hall–Kier alpha value is -1.68. The van der Waals surface area contributed by atoms with Gasteiger partial charge in [-0.2, -0.15) is 0 Å². The van der Waals surface area contributed by atoms with Gasteiger partial charge in [-0.05, 0) is 26.1 Å². The van der Waals surface area contributed by atoms with Crippen molar-refractivity contribution in [1.82, 2.24) is 14.5 Å². The summed E-state index contributed by atoms with van der Waals surface area (Å²) in [7, 11) is 2.06. The van der Waals surface area contributed by atoms with Crippen LogP contribution in [0.25, 0.3) is 10.9 Å². The van der Waals surface area contributed by atoms with E-state index in [1.165, 1.54) is 0 Å². The molecule has 2 heterocycles. The number of nitrogens with zero attached hydrogens (tertiary/aromatic N) is 3. The Morgan fingerprint density at radius 1 is 1.29 bits per heavy atom. The molecule has 17 heavy (non-hydrogen) atoms. The highest BCUT2D eigenvalue weighted by molar-refractivity contribution is 5.77. The van der Waals surface area contributed by atoms with Gasteiger partial charge in [0.15, 0.2) is 0 Å². The van der Waals surface area contributed by atoms with Crippen LogP contribution in [0.5, 0.6) is 0 Å². The van der Waals surface area contributed by atoms with Gasteiger partial charge in [0.2, 0.25) is 0 Å². The summed E-state index contributed by atoms with van der Waals surface area (Å²) in [5.74, 6) is 0.877. The summed E-state index contributed by atoms with van der Waals surface area (Å²) in [6.07, 6.45) is 0. The summed E-state index contributed by atoms with van der Waals surface area (Å²) in [4.78, 5) is 19.2. The molecule has 0 saturated heterocycles. The van der Waals surface area contributed by atoms with E-state index in [4.69, 9.17) is 0 Å². The average Bonchev–Trinajstić information content (AvgIpc) is 2.35. The molecule has 0 radical (unpaired) electrons. The van der Waals surface area contributed by atoms with E-state index < -0.39 is 0 Å². The molecule has 1 unspecified atom stereocenters. The fourth-order valence-corrected chi connectivity index (χ4v) is 2.37. The first-order chi connectivity index (χ1) is 8.18. The molecular weight excluding hydrogens is 214 g/mol. The number of rotatable bonds is 0. The zero-order valence-electron chi connectivity index (χ0n) is 10.1. The molecule has 1 atom stereocenters. The van der Waals surface area contributed by atoms with Gasteiger partial charge in [0.1, 0.15) is 5.82 Å². The van der Waals surface area contributed by atoms with Gasteiger partial charge in [0, 0.05) is 13.1 Å². The largest absolute Gasteiger partial charge is 0.295 e. The molecule has 1 aromatic carbocycles. The van der Waals surface area contributed by atoms with E-state index in [0.717, 1.165) is 24.4 Å². The molecule has 1 aliphatic rings. The molecule has 0 aliphatic carbocycles. The number of para-hydroxylation sites is 1. The molecule has 0 saturated carbocycles. The number of likely N-dealkylation sites (N-methyl/N-ethyl adjacent to an activating group) is 1. The van der Waals surface area contributed by atoms with Crippen molar-refractivity contribution in [1.29, 1.82) is 0 Å². The first kappa shape index (κ1) is 10.5. The summed E-state index contributed by atoms with van der Waals surface area (Å²) in [6.45, 7) is 3.72. The summed E-state index contributed by atoms with van der Waals surface area (Å²) >= 11 is 0. The van der Waals surface area contributed by atoms with E-state index in [9.17, 15) is 4.79 Å². The smallest absolute Gasteiger partial charge is 0.261 e. The Labute approximate surface area is 99.5 Å². The third-order valence-corrected chi connectivity index (χ3v) is 3.60. The van der Waals surface area contributed by atoms with Crippen LogP contribution in [0, 0.1) is 0 Å². The predicted octanol–water partition coefficient (Wildman–Crippen LogP) is 1.40. The second kappa shape index (κ2) is 3.67. The summed E-state index contributed by atoms with van der Waals surface area (Å²) in [5, 5.41) is 0.716. The summed E-state index contributed by atoms with van der Waals surface area (Å²) in [6, 6.07) is 7.75. The molecule has 0 spiro atoms. The van der Waals surface area contributed by atoms with Crippen LogP contribution in [-0.2, 0) is 6.54 Å². The fourth-order valence-electron chi connectivity index (χ4n) is 2.37. The van der Waals surface area contributed by atoms with Crippen molar-refractivity contribution in [3.05, 3.63) is 40.4 Å². The molecule has 3 rings (SSSR count). The van der Waals surface area contributed by atoms with Crippen LogP contribution in [0.15, 0.2) is 29.1 Å². The number of aromatic nitrogens is 2. The van der Waals surface area contributed by atoms with Crippen molar-refractivity contribution in [2.75, 3.05) is 13.6 Å². The third kappa shape index (κ3) is 1.48. The molecule has 0 bridgehead atoms. The molecule has 1 aromatic heterocycles. The molecule has 4 heteroatoms. The minimum absolute atomic E-state index is 0.0885. The Morgan fingerprint density at radius 2 is 2.06 bits per heavy atom. The van der Waals surface area contributed by atoms with Crippen molar-refractivity contribution < 1.29 is 0 Å². The van der Waals surface area contributed by atoms with Gasteiger partial charge < -0.3 is 0 Å². The third-order valence-electron chi connectivity index (χ3n) is 3.60. The van der Waals surface area contributed by atoms with E-state index in [-0.39, 0.29) is 11.6 Å². The van der Waals surface area contributed by atoms with Crippen LogP contribution in [0.4, 0.5) is 0 Å². The van der Waals surface area contributed by atoms with Gasteiger partial charge in [-0.3, -0.25) is 14.3 Å². The molecule has 0 amide bonds. The Bertz CT molecular complexity index is 632. The van der Waals surface area contributed by atoms with Gasteiger partial charge >= 0.3 is 0 Å². The van der Waals surface area contributed by atoms with E-state index in [0.29, 0.717) is 5.39 Å². The van der Waals surface area contributed by atoms with Crippen LogP contribution in [0.1, 0.15) is 18.8 Å². The first-order valence-electron chi connectivity index (χ1n) is 5.88. The van der Waals surface area contributed by atoms with Crippen molar-refractivity contribution in [3.8, 4) is 0 Å². The van der Waals surface area contributed by atoms with Crippen molar-refractivity contribution >= 4 is 10.9 Å². The van der Waals surface area contributed by atoms with E-state index in [1.54, 1.807) is 0 Å².